The molecule has 2 aromatic rings. The van der Waals surface area contributed by atoms with Gasteiger partial charge in [-0.3, -0.25) is 9.59 Å². The van der Waals surface area contributed by atoms with Crippen molar-refractivity contribution in [2.45, 2.75) is 18.6 Å². The van der Waals surface area contributed by atoms with Crippen molar-refractivity contribution in [3.05, 3.63) is 63.6 Å². The molecular weight excluding hydrogens is 372 g/mol. The Labute approximate surface area is 146 Å². The van der Waals surface area contributed by atoms with Gasteiger partial charge in [0.2, 0.25) is 5.91 Å². The van der Waals surface area contributed by atoms with Crippen molar-refractivity contribution in [1.82, 2.24) is 10.6 Å². The molecule has 2 N–H and O–H groups in total. The van der Waals surface area contributed by atoms with Crippen molar-refractivity contribution in [2.75, 3.05) is 0 Å². The summed E-state index contributed by atoms with van der Waals surface area (Å²) in [5.41, 5.74) is 3.09. The van der Waals surface area contributed by atoms with Crippen LogP contribution < -0.4 is 10.6 Å². The van der Waals surface area contributed by atoms with Crippen molar-refractivity contribution in [1.29, 1.82) is 0 Å². The third kappa shape index (κ3) is 2.60. The van der Waals surface area contributed by atoms with Crippen molar-refractivity contribution in [2.24, 2.45) is 10.2 Å². The van der Waals surface area contributed by atoms with Crippen LogP contribution in [0.2, 0.25) is 0 Å². The van der Waals surface area contributed by atoms with Crippen LogP contribution in [0.1, 0.15) is 40.1 Å². The Balaban J connectivity index is 1.47. The summed E-state index contributed by atoms with van der Waals surface area (Å²) in [7, 11) is 0. The van der Waals surface area contributed by atoms with Crippen LogP contribution in [0.3, 0.4) is 0 Å². The highest BCUT2D eigenvalue weighted by molar-refractivity contribution is 9.10. The molecule has 2 atom stereocenters. The molecule has 0 fully saturated rings. The number of rotatable bonds is 3. The van der Waals surface area contributed by atoms with Gasteiger partial charge < -0.3 is 10.6 Å². The van der Waals surface area contributed by atoms with Crippen molar-refractivity contribution >= 4 is 33.4 Å². The Hall–Kier alpha value is -2.54. The molecule has 2 aromatic carbocycles. The van der Waals surface area contributed by atoms with Gasteiger partial charge in [-0.1, -0.05) is 34.1 Å². The number of fused-ring (bicyclic) bond motifs is 2. The number of carbonyl (C=O) groups is 2. The standard InChI is InChI=1S/C17H13BrN4O2/c18-9-5-6-13-12(7-9)16(22-21-13)20-15(23)8-14-10-3-1-2-4-11(10)17(24)19-14/h1-7,14,16H,8H2,(H,19,24)(H,20,23)/t14-,16-/m0/s1. The summed E-state index contributed by atoms with van der Waals surface area (Å²) in [6, 6.07) is 12.6. The Bertz CT molecular complexity index is 881. The summed E-state index contributed by atoms with van der Waals surface area (Å²) >= 11 is 3.41. The number of halogens is 1. The van der Waals surface area contributed by atoms with Crippen LogP contribution in [0.15, 0.2) is 57.2 Å². The second-order valence-electron chi connectivity index (χ2n) is 5.71. The molecule has 2 amide bonds. The van der Waals surface area contributed by atoms with E-state index in [-0.39, 0.29) is 24.3 Å². The normalized spacial score (nSPS) is 20.5. The number of azo groups is 1. The molecule has 6 nitrogen and oxygen atoms in total. The molecule has 0 spiro atoms. The van der Waals surface area contributed by atoms with Gasteiger partial charge in [-0.25, -0.2) is 0 Å². The highest BCUT2D eigenvalue weighted by Gasteiger charge is 2.31. The second kappa shape index (κ2) is 5.83. The number of hydrogen-bond donors (Lipinski definition) is 2. The molecule has 2 aliphatic rings. The molecule has 24 heavy (non-hydrogen) atoms. The second-order valence-corrected chi connectivity index (χ2v) is 6.62. The van der Waals surface area contributed by atoms with Crippen LogP contribution in [-0.2, 0) is 4.79 Å². The van der Waals surface area contributed by atoms with E-state index in [0.717, 1.165) is 21.3 Å². The molecule has 0 aliphatic carbocycles. The largest absolute Gasteiger partial charge is 0.345 e. The average Bonchev–Trinajstić information content (AvgIpc) is 3.10. The van der Waals surface area contributed by atoms with E-state index >= 15 is 0 Å². The Morgan fingerprint density at radius 1 is 1.21 bits per heavy atom. The summed E-state index contributed by atoms with van der Waals surface area (Å²) in [6.45, 7) is 0. The molecule has 0 bridgehead atoms. The van der Waals surface area contributed by atoms with Gasteiger partial charge in [-0.05, 0) is 29.8 Å². The first kappa shape index (κ1) is 15.0. The number of nitrogens with zero attached hydrogens (tertiary/aromatic N) is 2. The number of carbonyl (C=O) groups excluding carboxylic acids is 2. The maximum atomic E-state index is 12.4. The fraction of sp³-hybridized carbons (Fsp3) is 0.176. The van der Waals surface area contributed by atoms with Gasteiger partial charge in [0.05, 0.1) is 18.2 Å². The molecular formula is C17H13BrN4O2. The van der Waals surface area contributed by atoms with Crippen LogP contribution in [0.5, 0.6) is 0 Å². The zero-order chi connectivity index (χ0) is 16.7. The van der Waals surface area contributed by atoms with Crippen LogP contribution in [0.25, 0.3) is 0 Å². The van der Waals surface area contributed by atoms with E-state index in [2.05, 4.69) is 36.8 Å². The first-order valence-corrected chi connectivity index (χ1v) is 8.30. The fourth-order valence-electron chi connectivity index (χ4n) is 3.00. The lowest BCUT2D eigenvalue weighted by atomic mass is 10.0. The SMILES string of the molecule is O=C(C[C@@H]1NC(=O)c2ccccc21)N[C@H]1N=Nc2ccc(Br)cc21. The van der Waals surface area contributed by atoms with Crippen LogP contribution >= 0.6 is 15.9 Å². The van der Waals surface area contributed by atoms with Gasteiger partial charge in [-0.15, -0.1) is 0 Å². The lowest BCUT2D eigenvalue weighted by Gasteiger charge is -2.14. The van der Waals surface area contributed by atoms with Crippen LogP contribution in [-0.4, -0.2) is 11.8 Å². The third-order valence-corrected chi connectivity index (χ3v) is 4.63. The zero-order valence-electron chi connectivity index (χ0n) is 12.5. The lowest BCUT2D eigenvalue weighted by molar-refractivity contribution is -0.122. The minimum Gasteiger partial charge on any atom is -0.345 e. The van der Waals surface area contributed by atoms with E-state index in [9.17, 15) is 9.59 Å². The predicted molar refractivity (Wildman–Crippen MR) is 90.8 cm³/mol. The van der Waals surface area contributed by atoms with Crippen molar-refractivity contribution < 1.29 is 9.59 Å². The topological polar surface area (TPSA) is 82.9 Å². The fourth-order valence-corrected chi connectivity index (χ4v) is 3.38. The van der Waals surface area contributed by atoms with E-state index in [1.54, 1.807) is 6.07 Å². The van der Waals surface area contributed by atoms with E-state index in [1.807, 2.05) is 36.4 Å². The smallest absolute Gasteiger partial charge is 0.252 e. The Kier molecular flexibility index (Phi) is 3.65. The van der Waals surface area contributed by atoms with Gasteiger partial charge in [0.25, 0.3) is 5.91 Å². The third-order valence-electron chi connectivity index (χ3n) is 4.14. The number of benzene rings is 2. The molecule has 0 saturated carbocycles. The molecule has 0 radical (unpaired) electrons. The minimum absolute atomic E-state index is 0.141. The van der Waals surface area contributed by atoms with Crippen molar-refractivity contribution in [3.8, 4) is 0 Å². The summed E-state index contributed by atoms with van der Waals surface area (Å²) in [4.78, 5) is 24.3. The lowest BCUT2D eigenvalue weighted by Crippen LogP contribution is -2.30. The minimum atomic E-state index is -0.489. The summed E-state index contributed by atoms with van der Waals surface area (Å²) < 4.78 is 0.907. The van der Waals surface area contributed by atoms with E-state index < -0.39 is 6.17 Å². The average molecular weight is 385 g/mol. The highest BCUT2D eigenvalue weighted by atomic mass is 79.9. The van der Waals surface area contributed by atoms with E-state index in [1.165, 1.54) is 0 Å². The van der Waals surface area contributed by atoms with Gasteiger partial charge in [0.15, 0.2) is 6.17 Å². The van der Waals surface area contributed by atoms with Crippen molar-refractivity contribution in [3.63, 3.8) is 0 Å². The van der Waals surface area contributed by atoms with Gasteiger partial charge >= 0.3 is 0 Å². The first-order chi connectivity index (χ1) is 11.6. The number of hydrogen-bond acceptors (Lipinski definition) is 4. The first-order valence-electron chi connectivity index (χ1n) is 7.51. The van der Waals surface area contributed by atoms with E-state index in [0.29, 0.717) is 5.56 Å². The predicted octanol–water partition coefficient (Wildman–Crippen LogP) is 3.54. The van der Waals surface area contributed by atoms with Gasteiger partial charge in [-0.2, -0.15) is 10.2 Å². The summed E-state index contributed by atoms with van der Waals surface area (Å²) in [5.74, 6) is -0.327. The zero-order valence-corrected chi connectivity index (χ0v) is 14.1. The number of nitrogens with one attached hydrogen (secondary N) is 2. The van der Waals surface area contributed by atoms with Crippen LogP contribution in [0, 0.1) is 0 Å². The maximum absolute atomic E-state index is 12.4. The Morgan fingerprint density at radius 2 is 2.04 bits per heavy atom. The molecule has 7 heteroatoms. The maximum Gasteiger partial charge on any atom is 0.252 e. The molecule has 120 valence electrons. The van der Waals surface area contributed by atoms with E-state index in [4.69, 9.17) is 0 Å². The van der Waals surface area contributed by atoms with Crippen LogP contribution in [0.4, 0.5) is 5.69 Å². The molecule has 2 aliphatic heterocycles. The number of amides is 2. The highest BCUT2D eigenvalue weighted by Crippen LogP contribution is 2.36. The monoisotopic (exact) mass is 384 g/mol. The molecule has 2 heterocycles. The molecule has 0 unspecified atom stereocenters. The molecule has 0 saturated heterocycles. The molecule has 4 rings (SSSR count). The summed E-state index contributed by atoms with van der Waals surface area (Å²) in [5, 5.41) is 13.9. The molecule has 0 aromatic heterocycles. The van der Waals surface area contributed by atoms with Gasteiger partial charge in [0.1, 0.15) is 0 Å². The quantitative estimate of drug-likeness (QED) is 0.847. The summed E-state index contributed by atoms with van der Waals surface area (Å²) in [6.07, 6.45) is -0.324. The Morgan fingerprint density at radius 3 is 2.92 bits per heavy atom. The van der Waals surface area contributed by atoms with Gasteiger partial charge in [0, 0.05) is 15.6 Å².